The third-order valence-corrected chi connectivity index (χ3v) is 14.8. The summed E-state index contributed by atoms with van der Waals surface area (Å²) in [4.78, 5) is 10.6. The van der Waals surface area contributed by atoms with Crippen LogP contribution in [0.25, 0.3) is 67.8 Å². The molecule has 12 rings (SSSR count). The fourth-order valence-corrected chi connectivity index (χ4v) is 10.8. The van der Waals surface area contributed by atoms with Crippen molar-refractivity contribution in [1.29, 1.82) is 0 Å². The van der Waals surface area contributed by atoms with Crippen LogP contribution in [0.2, 0.25) is 0 Å². The molecule has 8 nitrogen and oxygen atoms in total. The van der Waals surface area contributed by atoms with Gasteiger partial charge in [0, 0.05) is 51.5 Å². The van der Waals surface area contributed by atoms with Gasteiger partial charge in [-0.25, -0.2) is 9.97 Å². The first-order chi connectivity index (χ1) is 36.6. The third kappa shape index (κ3) is 11.0. The summed E-state index contributed by atoms with van der Waals surface area (Å²) in [6, 6.07) is 65.6. The lowest BCUT2D eigenvalue weighted by Gasteiger charge is -2.24. The molecule has 374 valence electrons. The molecule has 0 unspecified atom stereocenters. The van der Waals surface area contributed by atoms with Crippen molar-refractivity contribution in [3.8, 4) is 85.1 Å². The van der Waals surface area contributed by atoms with Crippen molar-refractivity contribution >= 4 is 0 Å². The van der Waals surface area contributed by atoms with Crippen molar-refractivity contribution in [3.63, 3.8) is 0 Å². The second-order valence-electron chi connectivity index (χ2n) is 20.0. The van der Waals surface area contributed by atoms with Gasteiger partial charge in [-0.2, -0.15) is 0 Å². The van der Waals surface area contributed by atoms with Crippen LogP contribution in [-0.4, -0.2) is 43.5 Å². The molecule has 3 aliphatic carbocycles. The van der Waals surface area contributed by atoms with Crippen LogP contribution in [0.15, 0.2) is 188 Å². The molecule has 3 saturated carbocycles. The highest BCUT2D eigenvalue weighted by molar-refractivity contribution is 5.84. The Balaban J connectivity index is 0.000000160. The van der Waals surface area contributed by atoms with E-state index in [0.717, 1.165) is 118 Å². The minimum atomic E-state index is -0.0239. The summed E-state index contributed by atoms with van der Waals surface area (Å²) >= 11 is 0. The molecule has 0 bridgehead atoms. The topological polar surface area (TPSA) is 83.6 Å². The molecule has 0 radical (unpaired) electrons. The van der Waals surface area contributed by atoms with Gasteiger partial charge in [0.1, 0.15) is 17.4 Å². The third-order valence-electron chi connectivity index (χ3n) is 14.8. The Bertz CT molecular complexity index is 3230. The number of aliphatic hydroxyl groups excluding tert-OH is 1. The Hall–Kier alpha value is -7.68. The standard InChI is InChI=1S/C35H34N2O2.C31H32N2O2/c1-38-32-24-29(22-23-31(32)39-30-20-12-5-13-21-30)35-36-33(27-16-8-3-9-17-27)34(28-18-10-4-11-19-28)37(35)25-26-14-6-2-7-15-26;34-21-25-17-16-24(20-28(25)35-27-14-8-3-9-15-27)31-32-29(22-10-4-1-5-11-22)30(33(31)26-18-19-26)23-12-6-2-7-13-23/h2-4,6-11,14-19,22-24,30H,5,12-13,20-21,25H2,1H3;1-2,4-7,10-13,16-17,20,26-27,34H,3,8-9,14-15,18-19,21H2. The molecule has 1 N–H and O–H groups in total. The van der Waals surface area contributed by atoms with Crippen molar-refractivity contribution in [1.82, 2.24) is 19.1 Å². The lowest BCUT2D eigenvalue weighted by atomic mass is 9.97. The van der Waals surface area contributed by atoms with Gasteiger partial charge in [0.2, 0.25) is 0 Å². The number of ether oxygens (including phenoxy) is 3. The minimum absolute atomic E-state index is 0.0239. The first-order valence-electron chi connectivity index (χ1n) is 26.9. The molecule has 2 heterocycles. The molecule has 0 spiro atoms. The zero-order chi connectivity index (χ0) is 50.1. The summed E-state index contributed by atoms with van der Waals surface area (Å²) in [7, 11) is 1.72. The SMILES string of the molecule is COc1cc(-c2nc(-c3ccccc3)c(-c3ccccc3)n2Cc2ccccc2)ccc1OC1CCCCC1.OCc1ccc(-c2nc(-c3ccccc3)c(-c3ccccc3)n2C2CC2)cc1OC1CCCCC1. The van der Waals surface area contributed by atoms with E-state index in [1.54, 1.807) is 7.11 Å². The number of nitrogens with zero attached hydrogens (tertiary/aromatic N) is 4. The number of hydrogen-bond donors (Lipinski definition) is 1. The van der Waals surface area contributed by atoms with Crippen LogP contribution in [0.1, 0.15) is 94.2 Å². The molecule has 3 aliphatic rings. The number of benzene rings is 7. The molecule has 74 heavy (non-hydrogen) atoms. The van der Waals surface area contributed by atoms with Gasteiger partial charge in [-0.3, -0.25) is 0 Å². The van der Waals surface area contributed by atoms with Crippen molar-refractivity contribution in [3.05, 3.63) is 199 Å². The highest BCUT2D eigenvalue weighted by Crippen LogP contribution is 2.47. The molecule has 0 amide bonds. The van der Waals surface area contributed by atoms with E-state index in [2.05, 4.69) is 179 Å². The molecule has 2 aromatic heterocycles. The highest BCUT2D eigenvalue weighted by atomic mass is 16.5. The molecular weight excluding hydrogens is 913 g/mol. The first kappa shape index (κ1) is 48.6. The number of aromatic nitrogens is 4. The Labute approximate surface area is 436 Å². The lowest BCUT2D eigenvalue weighted by Crippen LogP contribution is -2.20. The molecule has 0 atom stereocenters. The van der Waals surface area contributed by atoms with Crippen LogP contribution in [-0.2, 0) is 13.2 Å². The molecule has 0 saturated heterocycles. The second kappa shape index (κ2) is 23.0. The summed E-state index contributed by atoms with van der Waals surface area (Å²) in [5.41, 5.74) is 12.9. The summed E-state index contributed by atoms with van der Waals surface area (Å²) in [6.07, 6.45) is 14.7. The summed E-state index contributed by atoms with van der Waals surface area (Å²) < 4.78 is 23.5. The van der Waals surface area contributed by atoms with Gasteiger partial charge in [0.15, 0.2) is 11.5 Å². The molecule has 3 fully saturated rings. The summed E-state index contributed by atoms with van der Waals surface area (Å²) in [6.45, 7) is 0.673. The van der Waals surface area contributed by atoms with E-state index in [9.17, 15) is 5.11 Å². The second-order valence-corrected chi connectivity index (χ2v) is 20.0. The van der Waals surface area contributed by atoms with E-state index in [1.807, 2.05) is 18.2 Å². The molecule has 7 aromatic carbocycles. The predicted octanol–water partition coefficient (Wildman–Crippen LogP) is 16.1. The average molecular weight is 979 g/mol. The zero-order valence-corrected chi connectivity index (χ0v) is 42.5. The van der Waals surface area contributed by atoms with Crippen LogP contribution >= 0.6 is 0 Å². The van der Waals surface area contributed by atoms with Gasteiger partial charge < -0.3 is 28.5 Å². The zero-order valence-electron chi connectivity index (χ0n) is 42.5. The van der Waals surface area contributed by atoms with Crippen LogP contribution in [0, 0.1) is 0 Å². The first-order valence-corrected chi connectivity index (χ1v) is 26.9. The van der Waals surface area contributed by atoms with Crippen LogP contribution in [0.4, 0.5) is 0 Å². The van der Waals surface area contributed by atoms with Crippen molar-refractivity contribution in [2.24, 2.45) is 0 Å². The highest BCUT2D eigenvalue weighted by Gasteiger charge is 2.33. The molecule has 9 aromatic rings. The fourth-order valence-electron chi connectivity index (χ4n) is 10.8. The maximum Gasteiger partial charge on any atom is 0.161 e. The molecular formula is C66H66N4O4. The van der Waals surface area contributed by atoms with Crippen molar-refractivity contribution in [2.75, 3.05) is 7.11 Å². The van der Waals surface area contributed by atoms with Crippen LogP contribution in [0.3, 0.4) is 0 Å². The Morgan fingerprint density at radius 3 is 1.45 bits per heavy atom. The minimum Gasteiger partial charge on any atom is -0.493 e. The smallest absolute Gasteiger partial charge is 0.161 e. The largest absolute Gasteiger partial charge is 0.493 e. The van der Waals surface area contributed by atoms with E-state index in [-0.39, 0.29) is 18.8 Å². The Morgan fingerprint density at radius 1 is 0.446 bits per heavy atom. The van der Waals surface area contributed by atoms with Crippen LogP contribution in [0.5, 0.6) is 17.2 Å². The van der Waals surface area contributed by atoms with Gasteiger partial charge >= 0.3 is 0 Å². The normalized spacial score (nSPS) is 15.0. The van der Waals surface area contributed by atoms with E-state index in [1.165, 1.54) is 55.3 Å². The number of rotatable bonds is 15. The fraction of sp³-hybridized carbons (Fsp3) is 0.273. The van der Waals surface area contributed by atoms with Gasteiger partial charge in [-0.1, -0.05) is 177 Å². The Morgan fingerprint density at radius 2 is 0.905 bits per heavy atom. The van der Waals surface area contributed by atoms with E-state index >= 15 is 0 Å². The maximum atomic E-state index is 10.0. The van der Waals surface area contributed by atoms with Crippen molar-refractivity contribution in [2.45, 2.75) is 108 Å². The molecule has 8 heteroatoms. The van der Waals surface area contributed by atoms with E-state index < -0.39 is 0 Å². The van der Waals surface area contributed by atoms with E-state index in [0.29, 0.717) is 12.6 Å². The monoisotopic (exact) mass is 979 g/mol. The lowest BCUT2D eigenvalue weighted by molar-refractivity contribution is 0.149. The van der Waals surface area contributed by atoms with Gasteiger partial charge in [-0.05, 0) is 94.0 Å². The van der Waals surface area contributed by atoms with Crippen molar-refractivity contribution < 1.29 is 19.3 Å². The average Bonchev–Trinajstić information content (AvgIpc) is 4.13. The van der Waals surface area contributed by atoms with Gasteiger partial charge in [0.25, 0.3) is 0 Å². The number of aliphatic hydroxyl groups is 1. The van der Waals surface area contributed by atoms with Gasteiger partial charge in [-0.15, -0.1) is 0 Å². The summed E-state index contributed by atoms with van der Waals surface area (Å²) in [5, 5.41) is 10.0. The molecule has 0 aliphatic heterocycles. The van der Waals surface area contributed by atoms with Crippen LogP contribution < -0.4 is 14.2 Å². The van der Waals surface area contributed by atoms with Gasteiger partial charge in [0.05, 0.1) is 48.7 Å². The maximum absolute atomic E-state index is 10.0. The predicted molar refractivity (Wildman–Crippen MR) is 298 cm³/mol. The Kier molecular flexibility index (Phi) is 15.1. The quantitative estimate of drug-likeness (QED) is 0.110. The van der Waals surface area contributed by atoms with E-state index in [4.69, 9.17) is 24.2 Å². The number of hydrogen-bond acceptors (Lipinski definition) is 6. The number of imidazole rings is 2. The summed E-state index contributed by atoms with van der Waals surface area (Å²) in [5.74, 6) is 4.22. The number of methoxy groups -OCH3 is 1.